The van der Waals surface area contributed by atoms with E-state index in [4.69, 9.17) is 4.74 Å². The van der Waals surface area contributed by atoms with Crippen molar-refractivity contribution in [1.29, 1.82) is 0 Å². The third kappa shape index (κ3) is 9.18. The van der Waals surface area contributed by atoms with Crippen LogP contribution in [0.15, 0.2) is 0 Å². The van der Waals surface area contributed by atoms with Gasteiger partial charge in [0, 0.05) is 0 Å². The molecule has 0 aliphatic heterocycles. The highest BCUT2D eigenvalue weighted by molar-refractivity contribution is 5.59. The van der Waals surface area contributed by atoms with Crippen LogP contribution in [-0.2, 0) is 9.47 Å². The van der Waals surface area contributed by atoms with Crippen molar-refractivity contribution >= 4 is 6.16 Å². The minimum absolute atomic E-state index is 0.134. The Hall–Kier alpha value is -0.730. The summed E-state index contributed by atoms with van der Waals surface area (Å²) in [6, 6.07) is 0. The molecule has 0 bridgehead atoms. The minimum Gasteiger partial charge on any atom is -0.434 e. The second-order valence-electron chi connectivity index (χ2n) is 2.86. The van der Waals surface area contributed by atoms with E-state index >= 15 is 0 Å². The van der Waals surface area contributed by atoms with Crippen molar-refractivity contribution in [3.05, 3.63) is 6.92 Å². The van der Waals surface area contributed by atoms with Crippen molar-refractivity contribution < 1.29 is 14.3 Å². The molecule has 0 aromatic rings. The van der Waals surface area contributed by atoms with Crippen molar-refractivity contribution in [3.63, 3.8) is 0 Å². The second kappa shape index (κ2) is 9.36. The average molecular weight is 187 g/mol. The van der Waals surface area contributed by atoms with Gasteiger partial charge in [0.2, 0.25) is 0 Å². The van der Waals surface area contributed by atoms with Crippen LogP contribution in [-0.4, -0.2) is 19.4 Å². The standard InChI is InChI=1S/C10H19O3/c1-3-5-6-7-8-9-13-10(11)12-4-2/h2-9H2,1H3. The van der Waals surface area contributed by atoms with Gasteiger partial charge >= 0.3 is 6.16 Å². The summed E-state index contributed by atoms with van der Waals surface area (Å²) < 4.78 is 9.26. The van der Waals surface area contributed by atoms with Gasteiger partial charge < -0.3 is 9.47 Å². The fourth-order valence-electron chi connectivity index (χ4n) is 0.986. The molecule has 0 aromatic heterocycles. The quantitative estimate of drug-likeness (QED) is 0.454. The van der Waals surface area contributed by atoms with Crippen molar-refractivity contribution in [3.8, 4) is 0 Å². The Morgan fingerprint density at radius 2 is 1.85 bits per heavy atom. The Kier molecular flexibility index (Phi) is 8.83. The van der Waals surface area contributed by atoms with Crippen LogP contribution in [0, 0.1) is 6.92 Å². The molecule has 13 heavy (non-hydrogen) atoms. The normalized spacial score (nSPS) is 9.69. The topological polar surface area (TPSA) is 35.5 Å². The van der Waals surface area contributed by atoms with Crippen LogP contribution in [0.4, 0.5) is 4.79 Å². The summed E-state index contributed by atoms with van der Waals surface area (Å²) in [5.74, 6) is 0. The lowest BCUT2D eigenvalue weighted by molar-refractivity contribution is 0.0616. The van der Waals surface area contributed by atoms with Gasteiger partial charge in [0.25, 0.3) is 0 Å². The van der Waals surface area contributed by atoms with Crippen molar-refractivity contribution in [2.45, 2.75) is 39.0 Å². The Balaban J connectivity index is 3.02. The Morgan fingerprint density at radius 1 is 1.15 bits per heavy atom. The predicted octanol–water partition coefficient (Wildman–Crippen LogP) is 2.94. The zero-order valence-corrected chi connectivity index (χ0v) is 8.38. The van der Waals surface area contributed by atoms with E-state index < -0.39 is 6.16 Å². The number of unbranched alkanes of at least 4 members (excludes halogenated alkanes) is 4. The molecular weight excluding hydrogens is 168 g/mol. The maximum absolute atomic E-state index is 10.6. The number of hydrogen-bond acceptors (Lipinski definition) is 3. The lowest BCUT2D eigenvalue weighted by Crippen LogP contribution is -2.07. The van der Waals surface area contributed by atoms with Gasteiger partial charge in [-0.2, -0.15) is 0 Å². The van der Waals surface area contributed by atoms with Crippen LogP contribution in [0.5, 0.6) is 0 Å². The molecule has 0 aliphatic carbocycles. The molecule has 0 saturated heterocycles. The molecule has 77 valence electrons. The van der Waals surface area contributed by atoms with Crippen LogP contribution in [0.2, 0.25) is 0 Å². The van der Waals surface area contributed by atoms with Crippen molar-refractivity contribution in [2.24, 2.45) is 0 Å². The first-order chi connectivity index (χ1) is 6.31. The molecule has 0 rings (SSSR count). The molecule has 0 amide bonds. The molecule has 0 fully saturated rings. The number of hydrogen-bond donors (Lipinski definition) is 0. The highest BCUT2D eigenvalue weighted by atomic mass is 16.7. The molecule has 0 aromatic carbocycles. The molecule has 0 saturated carbocycles. The van der Waals surface area contributed by atoms with Crippen LogP contribution in [0.25, 0.3) is 0 Å². The van der Waals surface area contributed by atoms with E-state index in [0.717, 1.165) is 12.8 Å². The lowest BCUT2D eigenvalue weighted by atomic mass is 10.2. The van der Waals surface area contributed by atoms with E-state index in [1.54, 1.807) is 0 Å². The van der Waals surface area contributed by atoms with E-state index in [1.165, 1.54) is 19.3 Å². The SMILES string of the molecule is [CH2]COC(=O)OCCCCCCC. The molecule has 3 heteroatoms. The minimum atomic E-state index is -0.606. The van der Waals surface area contributed by atoms with Crippen LogP contribution in [0.3, 0.4) is 0 Å². The summed E-state index contributed by atoms with van der Waals surface area (Å²) in [7, 11) is 0. The van der Waals surface area contributed by atoms with Gasteiger partial charge in [0.15, 0.2) is 0 Å². The fourth-order valence-corrected chi connectivity index (χ4v) is 0.986. The molecule has 0 heterocycles. The van der Waals surface area contributed by atoms with E-state index in [2.05, 4.69) is 18.6 Å². The zero-order chi connectivity index (χ0) is 9.94. The molecule has 0 atom stereocenters. The maximum Gasteiger partial charge on any atom is 0.508 e. The predicted molar refractivity (Wildman–Crippen MR) is 51.4 cm³/mol. The number of rotatable bonds is 7. The molecule has 0 unspecified atom stereocenters. The van der Waals surface area contributed by atoms with E-state index in [1.807, 2.05) is 0 Å². The maximum atomic E-state index is 10.6. The van der Waals surface area contributed by atoms with Crippen LogP contribution < -0.4 is 0 Å². The Bertz CT molecular complexity index is 123. The van der Waals surface area contributed by atoms with Gasteiger partial charge in [0.1, 0.15) is 0 Å². The summed E-state index contributed by atoms with van der Waals surface area (Å²) in [6.45, 7) is 6.13. The molecule has 0 spiro atoms. The molecule has 3 nitrogen and oxygen atoms in total. The summed E-state index contributed by atoms with van der Waals surface area (Å²) in [5.41, 5.74) is 0. The summed E-state index contributed by atoms with van der Waals surface area (Å²) >= 11 is 0. The van der Waals surface area contributed by atoms with Gasteiger partial charge in [0.05, 0.1) is 13.2 Å². The van der Waals surface area contributed by atoms with E-state index in [-0.39, 0.29) is 6.61 Å². The summed E-state index contributed by atoms with van der Waals surface area (Å²) in [4.78, 5) is 10.6. The van der Waals surface area contributed by atoms with Crippen molar-refractivity contribution in [2.75, 3.05) is 13.2 Å². The highest BCUT2D eigenvalue weighted by Gasteiger charge is 2.00. The second-order valence-corrected chi connectivity index (χ2v) is 2.86. The third-order valence-corrected chi connectivity index (χ3v) is 1.69. The molecule has 1 radical (unpaired) electrons. The number of carbonyl (C=O) groups excluding carboxylic acids is 1. The van der Waals surface area contributed by atoms with Gasteiger partial charge in [-0.05, 0) is 13.3 Å². The van der Waals surface area contributed by atoms with Crippen LogP contribution >= 0.6 is 0 Å². The van der Waals surface area contributed by atoms with Gasteiger partial charge in [-0.1, -0.05) is 32.6 Å². The van der Waals surface area contributed by atoms with Gasteiger partial charge in [-0.25, -0.2) is 4.79 Å². The first-order valence-corrected chi connectivity index (χ1v) is 4.90. The summed E-state index contributed by atoms with van der Waals surface area (Å²) in [5, 5.41) is 0. The summed E-state index contributed by atoms with van der Waals surface area (Å²) in [6.07, 6.45) is 5.13. The number of carbonyl (C=O) groups is 1. The zero-order valence-electron chi connectivity index (χ0n) is 8.38. The van der Waals surface area contributed by atoms with E-state index in [9.17, 15) is 4.79 Å². The largest absolute Gasteiger partial charge is 0.508 e. The van der Waals surface area contributed by atoms with E-state index in [0.29, 0.717) is 6.61 Å². The lowest BCUT2D eigenvalue weighted by Gasteiger charge is -2.03. The molecule has 0 N–H and O–H groups in total. The average Bonchev–Trinajstić information content (AvgIpc) is 2.11. The monoisotopic (exact) mass is 187 g/mol. The van der Waals surface area contributed by atoms with Gasteiger partial charge in [-0.15, -0.1) is 0 Å². The molecule has 0 aliphatic rings. The number of ether oxygens (including phenoxy) is 2. The molecular formula is C10H19O3. The first-order valence-electron chi connectivity index (χ1n) is 4.90. The third-order valence-electron chi connectivity index (χ3n) is 1.69. The van der Waals surface area contributed by atoms with Crippen molar-refractivity contribution in [1.82, 2.24) is 0 Å². The highest BCUT2D eigenvalue weighted by Crippen LogP contribution is 2.02. The first kappa shape index (κ1) is 12.3. The Labute approximate surface area is 80.4 Å². The van der Waals surface area contributed by atoms with Gasteiger partial charge in [-0.3, -0.25) is 0 Å². The fraction of sp³-hybridized carbons (Fsp3) is 0.800. The van der Waals surface area contributed by atoms with Crippen LogP contribution in [0.1, 0.15) is 39.0 Å². The Morgan fingerprint density at radius 3 is 2.46 bits per heavy atom. The smallest absolute Gasteiger partial charge is 0.434 e.